The van der Waals surface area contributed by atoms with Gasteiger partial charge in [0.15, 0.2) is 16.8 Å². The van der Waals surface area contributed by atoms with Gasteiger partial charge in [-0.1, -0.05) is 63.6 Å². The molecule has 1 heterocycles. The number of ketones is 1. The van der Waals surface area contributed by atoms with Gasteiger partial charge in [0.2, 0.25) is 0 Å². The van der Waals surface area contributed by atoms with E-state index in [1.54, 1.807) is 48.5 Å². The van der Waals surface area contributed by atoms with Gasteiger partial charge >= 0.3 is 6.18 Å². The van der Waals surface area contributed by atoms with Gasteiger partial charge in [-0.3, -0.25) is 9.36 Å². The monoisotopic (exact) mass is 551 g/mol. The van der Waals surface area contributed by atoms with Crippen LogP contribution in [0.25, 0.3) is 17.1 Å². The van der Waals surface area contributed by atoms with E-state index in [4.69, 9.17) is 11.6 Å². The summed E-state index contributed by atoms with van der Waals surface area (Å²) in [4.78, 5) is 12.6. The molecule has 0 aliphatic heterocycles. The average Bonchev–Trinajstić information content (AvgIpc) is 3.21. The van der Waals surface area contributed by atoms with Crippen molar-refractivity contribution in [3.63, 3.8) is 0 Å². The summed E-state index contributed by atoms with van der Waals surface area (Å²) in [5.74, 6) is 0.204. The lowest BCUT2D eigenvalue weighted by atomic mass is 10.1. The van der Waals surface area contributed by atoms with E-state index in [2.05, 4.69) is 26.1 Å². The maximum Gasteiger partial charge on any atom is 0.416 e. The van der Waals surface area contributed by atoms with E-state index in [0.717, 1.165) is 23.9 Å². The van der Waals surface area contributed by atoms with Crippen LogP contribution in [0.2, 0.25) is 5.02 Å². The predicted molar refractivity (Wildman–Crippen MR) is 126 cm³/mol. The summed E-state index contributed by atoms with van der Waals surface area (Å²) in [5.41, 5.74) is 0.573. The van der Waals surface area contributed by atoms with Crippen LogP contribution in [0.4, 0.5) is 13.2 Å². The zero-order chi connectivity index (χ0) is 23.6. The molecular weight excluding hydrogens is 539 g/mol. The molecule has 0 aliphatic rings. The summed E-state index contributed by atoms with van der Waals surface area (Å²) in [6.45, 7) is 0. The van der Waals surface area contributed by atoms with Gasteiger partial charge < -0.3 is 0 Å². The van der Waals surface area contributed by atoms with Gasteiger partial charge in [0, 0.05) is 20.6 Å². The maximum atomic E-state index is 13.4. The Hall–Kier alpha value is -2.62. The average molecular weight is 553 g/mol. The molecule has 4 aromatic rings. The van der Waals surface area contributed by atoms with Crippen molar-refractivity contribution < 1.29 is 18.0 Å². The Morgan fingerprint density at radius 2 is 1.73 bits per heavy atom. The highest BCUT2D eigenvalue weighted by molar-refractivity contribution is 9.10. The Kier molecular flexibility index (Phi) is 6.92. The molecular formula is C23H14BrClF3N3OS. The molecule has 0 saturated heterocycles. The lowest BCUT2D eigenvalue weighted by molar-refractivity contribution is -0.137. The second kappa shape index (κ2) is 9.70. The molecule has 0 radical (unpaired) electrons. The molecule has 10 heteroatoms. The van der Waals surface area contributed by atoms with Crippen molar-refractivity contribution in [3.05, 3.63) is 93.4 Å². The van der Waals surface area contributed by atoms with Gasteiger partial charge in [0.25, 0.3) is 0 Å². The molecule has 0 fully saturated rings. The molecule has 168 valence electrons. The number of carbonyl (C=O) groups is 1. The second-order valence-corrected chi connectivity index (χ2v) is 9.12. The van der Waals surface area contributed by atoms with Crippen LogP contribution >= 0.6 is 39.3 Å². The van der Waals surface area contributed by atoms with E-state index in [9.17, 15) is 18.0 Å². The van der Waals surface area contributed by atoms with Crippen LogP contribution in [-0.4, -0.2) is 26.3 Å². The number of alkyl halides is 3. The molecule has 0 bridgehead atoms. The third kappa shape index (κ3) is 5.31. The van der Waals surface area contributed by atoms with Gasteiger partial charge in [-0.15, -0.1) is 10.2 Å². The number of carbonyl (C=O) groups excluding carboxylic acids is 1. The molecule has 0 saturated carbocycles. The molecule has 4 rings (SSSR count). The van der Waals surface area contributed by atoms with Crippen molar-refractivity contribution in [2.75, 3.05) is 5.75 Å². The van der Waals surface area contributed by atoms with E-state index in [1.807, 2.05) is 6.07 Å². The smallest absolute Gasteiger partial charge is 0.293 e. The zero-order valence-corrected chi connectivity index (χ0v) is 19.8. The van der Waals surface area contributed by atoms with Gasteiger partial charge in [-0.05, 0) is 48.5 Å². The minimum atomic E-state index is -4.50. The fraction of sp³-hybridized carbons (Fsp3) is 0.0870. The van der Waals surface area contributed by atoms with E-state index >= 15 is 0 Å². The second-order valence-electron chi connectivity index (χ2n) is 6.89. The largest absolute Gasteiger partial charge is 0.416 e. The molecule has 0 N–H and O–H groups in total. The fourth-order valence-corrected chi connectivity index (χ4v) is 4.52. The standard InChI is InChI=1S/C23H14BrClF3N3OS/c24-19-7-2-1-6-18(19)21-29-30-22(33-13-20(32)14-8-10-16(25)11-9-14)31(21)17-5-3-4-15(12-17)23(26,27)28/h1-12H,13H2. The lowest BCUT2D eigenvalue weighted by Crippen LogP contribution is -2.08. The first-order valence-electron chi connectivity index (χ1n) is 9.53. The molecule has 0 spiro atoms. The Morgan fingerprint density at radius 1 is 1.00 bits per heavy atom. The Labute approximate surface area is 204 Å². The molecule has 3 aromatic carbocycles. The maximum absolute atomic E-state index is 13.4. The summed E-state index contributed by atoms with van der Waals surface area (Å²) >= 11 is 10.4. The summed E-state index contributed by atoms with van der Waals surface area (Å²) in [7, 11) is 0. The van der Waals surface area contributed by atoms with Gasteiger partial charge in [-0.2, -0.15) is 13.2 Å². The highest BCUT2D eigenvalue weighted by Crippen LogP contribution is 2.35. The molecule has 0 amide bonds. The van der Waals surface area contributed by atoms with Crippen molar-refractivity contribution in [2.45, 2.75) is 11.3 Å². The van der Waals surface area contributed by atoms with Gasteiger partial charge in [0.1, 0.15) is 0 Å². The van der Waals surface area contributed by atoms with E-state index < -0.39 is 11.7 Å². The molecule has 0 aliphatic carbocycles. The zero-order valence-electron chi connectivity index (χ0n) is 16.7. The van der Waals surface area contributed by atoms with Crippen LogP contribution < -0.4 is 0 Å². The Morgan fingerprint density at radius 3 is 2.42 bits per heavy atom. The predicted octanol–water partition coefficient (Wildman–Crippen LogP) is 7.34. The minimum Gasteiger partial charge on any atom is -0.293 e. The summed E-state index contributed by atoms with van der Waals surface area (Å²) in [5, 5.41) is 9.22. The summed E-state index contributed by atoms with van der Waals surface area (Å²) in [6.07, 6.45) is -4.50. The van der Waals surface area contributed by atoms with Crippen LogP contribution in [0.1, 0.15) is 15.9 Å². The van der Waals surface area contributed by atoms with Crippen molar-refractivity contribution in [1.29, 1.82) is 0 Å². The number of hydrogen-bond donors (Lipinski definition) is 0. The Bertz CT molecular complexity index is 1310. The van der Waals surface area contributed by atoms with Crippen molar-refractivity contribution in [1.82, 2.24) is 14.8 Å². The van der Waals surface area contributed by atoms with E-state index in [1.165, 1.54) is 10.6 Å². The van der Waals surface area contributed by atoms with E-state index in [0.29, 0.717) is 31.6 Å². The highest BCUT2D eigenvalue weighted by Gasteiger charge is 2.31. The van der Waals surface area contributed by atoms with Crippen molar-refractivity contribution in [2.24, 2.45) is 0 Å². The topological polar surface area (TPSA) is 47.8 Å². The number of Topliss-reactive ketones (excluding diaryl/α,β-unsaturated/α-hetero) is 1. The van der Waals surface area contributed by atoms with Gasteiger partial charge in [-0.25, -0.2) is 0 Å². The Balaban J connectivity index is 1.74. The molecule has 0 unspecified atom stereocenters. The van der Waals surface area contributed by atoms with Crippen molar-refractivity contribution >= 4 is 45.1 Å². The van der Waals surface area contributed by atoms with E-state index in [-0.39, 0.29) is 17.2 Å². The minimum absolute atomic E-state index is 0.0225. The van der Waals surface area contributed by atoms with Crippen LogP contribution in [0.5, 0.6) is 0 Å². The molecule has 4 nitrogen and oxygen atoms in total. The molecule has 1 aromatic heterocycles. The highest BCUT2D eigenvalue weighted by atomic mass is 79.9. The third-order valence-electron chi connectivity index (χ3n) is 4.68. The van der Waals surface area contributed by atoms with Crippen LogP contribution in [0, 0.1) is 0 Å². The number of aromatic nitrogens is 3. The lowest BCUT2D eigenvalue weighted by Gasteiger charge is -2.13. The normalized spacial score (nSPS) is 11.5. The first kappa shape index (κ1) is 23.5. The number of hydrogen-bond acceptors (Lipinski definition) is 4. The SMILES string of the molecule is O=C(CSc1nnc(-c2ccccc2Br)n1-c1cccc(C(F)(F)F)c1)c1ccc(Cl)cc1. The molecule has 33 heavy (non-hydrogen) atoms. The quantitative estimate of drug-likeness (QED) is 0.185. The van der Waals surface area contributed by atoms with Crippen LogP contribution in [0.3, 0.4) is 0 Å². The first-order valence-corrected chi connectivity index (χ1v) is 11.7. The fourth-order valence-electron chi connectivity index (χ4n) is 3.08. The number of benzene rings is 3. The summed E-state index contributed by atoms with van der Waals surface area (Å²) < 4.78 is 42.3. The molecule has 0 atom stereocenters. The number of nitrogens with zero attached hydrogens (tertiary/aromatic N) is 3. The number of thioether (sulfide) groups is 1. The van der Waals surface area contributed by atoms with Crippen molar-refractivity contribution in [3.8, 4) is 17.1 Å². The van der Waals surface area contributed by atoms with Crippen LogP contribution in [0.15, 0.2) is 82.4 Å². The van der Waals surface area contributed by atoms with Crippen LogP contribution in [-0.2, 0) is 6.18 Å². The summed E-state index contributed by atoms with van der Waals surface area (Å²) in [6, 6.07) is 18.6. The third-order valence-corrected chi connectivity index (χ3v) is 6.55. The van der Waals surface area contributed by atoms with Gasteiger partial charge in [0.05, 0.1) is 17.0 Å². The first-order chi connectivity index (χ1) is 15.7. The number of rotatable bonds is 6. The number of halogens is 5.